The van der Waals surface area contributed by atoms with Crippen LogP contribution < -0.4 is 0 Å². The van der Waals surface area contributed by atoms with Crippen LogP contribution in [0.3, 0.4) is 0 Å². The van der Waals surface area contributed by atoms with Crippen LogP contribution in [0.1, 0.15) is 27.2 Å². The van der Waals surface area contributed by atoms with E-state index < -0.39 is 22.6 Å². The van der Waals surface area contributed by atoms with Gasteiger partial charge in [0, 0.05) is 6.54 Å². The van der Waals surface area contributed by atoms with E-state index >= 15 is 0 Å². The molecular formula is C15H20N2O3S. The van der Waals surface area contributed by atoms with Crippen molar-refractivity contribution in [1.82, 2.24) is 9.21 Å². The highest BCUT2D eigenvalue weighted by Crippen LogP contribution is 2.39. The van der Waals surface area contributed by atoms with Gasteiger partial charge in [-0.05, 0) is 30.9 Å². The van der Waals surface area contributed by atoms with Crippen LogP contribution in [-0.4, -0.2) is 42.8 Å². The number of urea groups is 1. The summed E-state index contributed by atoms with van der Waals surface area (Å²) in [6.45, 7) is 5.34. The number of amides is 2. The number of rotatable bonds is 2. The van der Waals surface area contributed by atoms with E-state index in [2.05, 4.69) is 0 Å². The van der Waals surface area contributed by atoms with Crippen molar-refractivity contribution in [3.05, 3.63) is 29.8 Å². The highest BCUT2D eigenvalue weighted by Gasteiger charge is 2.50. The summed E-state index contributed by atoms with van der Waals surface area (Å²) in [6, 6.07) is 5.42. The second-order valence-electron chi connectivity index (χ2n) is 6.61. The summed E-state index contributed by atoms with van der Waals surface area (Å²) < 4.78 is 34.4. The molecule has 2 amide bonds. The van der Waals surface area contributed by atoms with Crippen molar-refractivity contribution in [2.45, 2.75) is 38.1 Å². The molecule has 0 aliphatic carbocycles. The van der Waals surface area contributed by atoms with Gasteiger partial charge in [0.25, 0.3) is 10.0 Å². The van der Waals surface area contributed by atoms with Gasteiger partial charge in [0.1, 0.15) is 0 Å². The molecule has 2 atom stereocenters. The predicted molar refractivity (Wildman–Crippen MR) is 79.4 cm³/mol. The number of sulfonamides is 1. The first-order chi connectivity index (χ1) is 10.1. The first-order valence-corrected chi connectivity index (χ1v) is 8.41. The molecule has 0 bridgehead atoms. The maximum Gasteiger partial charge on any atom is 0.334 e. The Balaban J connectivity index is 1.96. The van der Waals surface area contributed by atoms with E-state index in [-0.39, 0.29) is 16.4 Å². The van der Waals surface area contributed by atoms with Crippen LogP contribution in [0.15, 0.2) is 29.2 Å². The minimum absolute atomic E-state index is 0.0594. The van der Waals surface area contributed by atoms with Crippen molar-refractivity contribution in [2.24, 2.45) is 5.41 Å². The number of carbonyl (C=O) groups is 1. The molecule has 0 spiro atoms. The largest absolute Gasteiger partial charge is 0.334 e. The Kier molecular flexibility index (Phi) is 2.79. The minimum atomic E-state index is -3.98. The smallest absolute Gasteiger partial charge is 0.318 e. The number of benzene rings is 1. The van der Waals surface area contributed by atoms with Gasteiger partial charge in [-0.3, -0.25) is 0 Å². The molecule has 2 heterocycles. The van der Waals surface area contributed by atoms with Gasteiger partial charge in [0.15, 0.2) is 0 Å². The molecule has 114 valence electrons. The van der Waals surface area contributed by atoms with Gasteiger partial charge < -0.3 is 4.90 Å². The molecule has 0 unspecified atom stereocenters. The van der Waals surface area contributed by atoms with Gasteiger partial charge in [0.2, 0.25) is 0 Å². The van der Waals surface area contributed by atoms with Gasteiger partial charge in [-0.25, -0.2) is 17.5 Å². The lowest BCUT2D eigenvalue weighted by Gasteiger charge is -2.22. The predicted octanol–water partition coefficient (Wildman–Crippen LogP) is 2.22. The van der Waals surface area contributed by atoms with Crippen molar-refractivity contribution in [3.8, 4) is 0 Å². The SMILES string of the molecule is [2H][C@H]1[C@H]2CC(C)(C)CN2C(=O)N1S(=O)(=O)c1ccc(C)cc1. The molecule has 1 aromatic rings. The van der Waals surface area contributed by atoms with Crippen molar-refractivity contribution >= 4 is 16.1 Å². The van der Waals surface area contributed by atoms with Crippen molar-refractivity contribution in [1.29, 1.82) is 0 Å². The first kappa shape index (κ1) is 13.1. The van der Waals surface area contributed by atoms with Crippen molar-refractivity contribution in [3.63, 3.8) is 0 Å². The number of fused-ring (bicyclic) bond motifs is 1. The standard InChI is InChI=1S/C15H20N2O3S/c1-11-4-6-13(7-5-11)21(19,20)17-9-12-8-15(2,3)10-16(12)14(17)18/h4-7,12H,8-10H2,1-3H3/t12-/m1/s1/i9D/t9-,12+/m0. The van der Waals surface area contributed by atoms with E-state index in [1.807, 2.05) is 20.8 Å². The van der Waals surface area contributed by atoms with Crippen molar-refractivity contribution < 1.29 is 14.6 Å². The van der Waals surface area contributed by atoms with E-state index in [1.54, 1.807) is 12.1 Å². The van der Waals surface area contributed by atoms with E-state index in [4.69, 9.17) is 1.37 Å². The number of carbonyl (C=O) groups excluding carboxylic acids is 1. The molecule has 21 heavy (non-hydrogen) atoms. The summed E-state index contributed by atoms with van der Waals surface area (Å²) in [6.07, 6.45) is 0.646. The molecule has 0 aromatic heterocycles. The fourth-order valence-electron chi connectivity index (χ4n) is 3.02. The normalized spacial score (nSPS) is 28.7. The highest BCUT2D eigenvalue weighted by molar-refractivity contribution is 7.89. The van der Waals surface area contributed by atoms with Crippen LogP contribution in [-0.2, 0) is 10.0 Å². The van der Waals surface area contributed by atoms with Gasteiger partial charge >= 0.3 is 6.03 Å². The van der Waals surface area contributed by atoms with Gasteiger partial charge in [-0.15, -0.1) is 0 Å². The summed E-state index contributed by atoms with van der Waals surface area (Å²) in [5.74, 6) is 0. The molecule has 2 saturated heterocycles. The third kappa shape index (κ3) is 2.31. The minimum Gasteiger partial charge on any atom is -0.318 e. The van der Waals surface area contributed by atoms with Gasteiger partial charge in [-0.1, -0.05) is 31.5 Å². The lowest BCUT2D eigenvalue weighted by molar-refractivity contribution is 0.201. The molecule has 1 aromatic carbocycles. The second-order valence-corrected chi connectivity index (χ2v) is 8.42. The van der Waals surface area contributed by atoms with Crippen LogP contribution in [0, 0.1) is 12.3 Å². The number of nitrogens with zero attached hydrogens (tertiary/aromatic N) is 2. The summed E-state index contributed by atoms with van der Waals surface area (Å²) in [7, 11) is -3.98. The second kappa shape index (κ2) is 4.47. The van der Waals surface area contributed by atoms with Gasteiger partial charge in [-0.2, -0.15) is 0 Å². The van der Waals surface area contributed by atoms with Crippen LogP contribution >= 0.6 is 0 Å². The molecule has 0 N–H and O–H groups in total. The average molecular weight is 309 g/mol. The van der Waals surface area contributed by atoms with Crippen molar-refractivity contribution in [2.75, 3.05) is 13.1 Å². The van der Waals surface area contributed by atoms with E-state index in [0.29, 0.717) is 13.0 Å². The summed E-state index contributed by atoms with van der Waals surface area (Å²) in [4.78, 5) is 14.1. The Morgan fingerprint density at radius 3 is 2.48 bits per heavy atom. The molecular weight excluding hydrogens is 288 g/mol. The number of aryl methyl sites for hydroxylation is 1. The fraction of sp³-hybridized carbons (Fsp3) is 0.533. The molecule has 6 heteroatoms. The zero-order valence-electron chi connectivity index (χ0n) is 13.4. The van der Waals surface area contributed by atoms with Crippen LogP contribution in [0.2, 0.25) is 0 Å². The Morgan fingerprint density at radius 2 is 1.90 bits per heavy atom. The quantitative estimate of drug-likeness (QED) is 0.841. The zero-order chi connectivity index (χ0) is 16.3. The van der Waals surface area contributed by atoms with Crippen LogP contribution in [0.5, 0.6) is 0 Å². The maximum atomic E-state index is 12.7. The molecule has 5 nitrogen and oxygen atoms in total. The third-order valence-electron chi connectivity index (χ3n) is 4.08. The summed E-state index contributed by atoms with van der Waals surface area (Å²) in [5, 5.41) is 0. The lowest BCUT2D eigenvalue weighted by atomic mass is 9.90. The van der Waals surface area contributed by atoms with Gasteiger partial charge in [0.05, 0.1) is 18.8 Å². The molecule has 3 rings (SSSR count). The Bertz CT molecular complexity index is 715. The monoisotopic (exact) mass is 309 g/mol. The summed E-state index contributed by atoms with van der Waals surface area (Å²) >= 11 is 0. The first-order valence-electron chi connectivity index (χ1n) is 7.55. The average Bonchev–Trinajstić information content (AvgIpc) is 2.84. The van der Waals surface area contributed by atoms with E-state index in [9.17, 15) is 13.2 Å². The zero-order valence-corrected chi connectivity index (χ0v) is 13.2. The summed E-state index contributed by atoms with van der Waals surface area (Å²) in [5.41, 5.74) is 0.871. The molecule has 2 fully saturated rings. The third-order valence-corrected chi connectivity index (χ3v) is 5.74. The molecule has 0 radical (unpaired) electrons. The lowest BCUT2D eigenvalue weighted by Crippen LogP contribution is -2.37. The van der Waals surface area contributed by atoms with E-state index in [1.165, 1.54) is 17.0 Å². The molecule has 0 saturated carbocycles. The Morgan fingerprint density at radius 1 is 1.29 bits per heavy atom. The molecule has 2 aliphatic rings. The Labute approximate surface area is 127 Å². The Hall–Kier alpha value is -1.56. The highest BCUT2D eigenvalue weighted by atomic mass is 32.2. The maximum absolute atomic E-state index is 12.7. The number of hydrogen-bond acceptors (Lipinski definition) is 3. The topological polar surface area (TPSA) is 57.7 Å². The van der Waals surface area contributed by atoms with Crippen LogP contribution in [0.4, 0.5) is 4.79 Å². The van der Waals surface area contributed by atoms with E-state index in [0.717, 1.165) is 9.87 Å². The van der Waals surface area contributed by atoms with Crippen LogP contribution in [0.25, 0.3) is 0 Å². The molecule has 2 aliphatic heterocycles. The fourth-order valence-corrected chi connectivity index (χ4v) is 4.33. The number of hydrogen-bond donors (Lipinski definition) is 0.